The summed E-state index contributed by atoms with van der Waals surface area (Å²) in [6.07, 6.45) is 0. The summed E-state index contributed by atoms with van der Waals surface area (Å²) in [5.74, 6) is 0. The van der Waals surface area contributed by atoms with Crippen LogP contribution in [0.4, 0.5) is 0 Å². The molecular formula is C49H34. The summed E-state index contributed by atoms with van der Waals surface area (Å²) in [5.41, 5.74) is 13.0. The van der Waals surface area contributed by atoms with Crippen LogP contribution in [0, 0.1) is 0 Å². The highest BCUT2D eigenvalue weighted by atomic mass is 14.4. The fraction of sp³-hybridized carbons (Fsp3) is 0.0612. The van der Waals surface area contributed by atoms with Gasteiger partial charge in [0.2, 0.25) is 0 Å². The van der Waals surface area contributed by atoms with Crippen LogP contribution >= 0.6 is 0 Å². The molecule has 0 heteroatoms. The average Bonchev–Trinajstić information content (AvgIpc) is 3.39. The Bertz CT molecular complexity index is 2780. The van der Waals surface area contributed by atoms with E-state index in [-0.39, 0.29) is 5.41 Å². The fourth-order valence-corrected chi connectivity index (χ4v) is 8.43. The van der Waals surface area contributed by atoms with Gasteiger partial charge in [-0.25, -0.2) is 0 Å². The zero-order valence-corrected chi connectivity index (χ0v) is 27.7. The molecule has 0 saturated heterocycles. The minimum absolute atomic E-state index is 0.0956. The summed E-state index contributed by atoms with van der Waals surface area (Å²) in [4.78, 5) is 0. The molecule has 0 aromatic heterocycles. The predicted molar refractivity (Wildman–Crippen MR) is 210 cm³/mol. The van der Waals surface area contributed by atoms with E-state index in [2.05, 4.69) is 184 Å². The van der Waals surface area contributed by atoms with E-state index in [1.165, 1.54) is 98.7 Å². The zero-order valence-electron chi connectivity index (χ0n) is 27.7. The smallest absolute Gasteiger partial charge is 0.0159 e. The van der Waals surface area contributed by atoms with Crippen molar-refractivity contribution in [1.82, 2.24) is 0 Å². The van der Waals surface area contributed by atoms with Gasteiger partial charge in [0.25, 0.3) is 0 Å². The van der Waals surface area contributed by atoms with E-state index >= 15 is 0 Å². The molecule has 0 radical (unpaired) electrons. The highest BCUT2D eigenvalue weighted by molar-refractivity contribution is 6.23. The third kappa shape index (κ3) is 4.31. The molecule has 0 fully saturated rings. The van der Waals surface area contributed by atoms with Gasteiger partial charge in [-0.05, 0) is 123 Å². The quantitative estimate of drug-likeness (QED) is 0.172. The maximum absolute atomic E-state index is 2.43. The van der Waals surface area contributed by atoms with Gasteiger partial charge in [0, 0.05) is 5.41 Å². The van der Waals surface area contributed by atoms with Crippen LogP contribution in [-0.2, 0) is 5.41 Å². The second kappa shape index (κ2) is 10.5. The molecule has 49 heavy (non-hydrogen) atoms. The molecule has 0 bridgehead atoms. The molecule has 1 aliphatic carbocycles. The Morgan fingerprint density at radius 3 is 1.53 bits per heavy atom. The van der Waals surface area contributed by atoms with Crippen molar-refractivity contribution >= 4 is 43.1 Å². The lowest BCUT2D eigenvalue weighted by molar-refractivity contribution is 0.661. The third-order valence-electron chi connectivity index (χ3n) is 11.0. The van der Waals surface area contributed by atoms with E-state index in [9.17, 15) is 0 Å². The van der Waals surface area contributed by atoms with Gasteiger partial charge in [0.15, 0.2) is 0 Å². The first-order chi connectivity index (χ1) is 24.0. The van der Waals surface area contributed by atoms with Crippen molar-refractivity contribution in [2.24, 2.45) is 0 Å². The zero-order chi connectivity index (χ0) is 32.7. The van der Waals surface area contributed by atoms with Gasteiger partial charge in [-0.3, -0.25) is 0 Å². The summed E-state index contributed by atoms with van der Waals surface area (Å²) < 4.78 is 0. The van der Waals surface area contributed by atoms with Gasteiger partial charge >= 0.3 is 0 Å². The summed E-state index contributed by atoms with van der Waals surface area (Å²) in [6, 6.07) is 63.2. The van der Waals surface area contributed by atoms with E-state index in [1.54, 1.807) is 0 Å². The minimum atomic E-state index is -0.0956. The lowest BCUT2D eigenvalue weighted by Crippen LogP contribution is -2.15. The van der Waals surface area contributed by atoms with E-state index in [0.29, 0.717) is 0 Å². The molecule has 230 valence electrons. The number of fused-ring (bicyclic) bond motifs is 9. The first-order valence-electron chi connectivity index (χ1n) is 17.3. The van der Waals surface area contributed by atoms with Crippen LogP contribution in [-0.4, -0.2) is 0 Å². The van der Waals surface area contributed by atoms with E-state index in [0.717, 1.165) is 0 Å². The first kappa shape index (κ1) is 28.1. The summed E-state index contributed by atoms with van der Waals surface area (Å²) >= 11 is 0. The Kier molecular flexibility index (Phi) is 6.02. The molecule has 0 amide bonds. The van der Waals surface area contributed by atoms with Gasteiger partial charge in [-0.15, -0.1) is 0 Å². The lowest BCUT2D eigenvalue weighted by Gasteiger charge is -2.22. The van der Waals surface area contributed by atoms with Crippen molar-refractivity contribution in [3.05, 3.63) is 181 Å². The highest BCUT2D eigenvalue weighted by Crippen LogP contribution is 2.51. The number of rotatable bonds is 3. The maximum Gasteiger partial charge on any atom is 0.0159 e. The first-order valence-corrected chi connectivity index (χ1v) is 17.3. The largest absolute Gasteiger partial charge is 0.0616 e. The number of benzene rings is 9. The van der Waals surface area contributed by atoms with Crippen molar-refractivity contribution in [3.8, 4) is 44.5 Å². The molecule has 0 heterocycles. The van der Waals surface area contributed by atoms with Gasteiger partial charge in [0.05, 0.1) is 0 Å². The van der Waals surface area contributed by atoms with Crippen molar-refractivity contribution in [2.75, 3.05) is 0 Å². The Hall–Kier alpha value is -5.98. The van der Waals surface area contributed by atoms with Crippen LogP contribution in [0.15, 0.2) is 170 Å². The van der Waals surface area contributed by atoms with Crippen LogP contribution in [0.2, 0.25) is 0 Å². The summed E-state index contributed by atoms with van der Waals surface area (Å²) in [6.45, 7) is 4.76. The molecule has 10 rings (SSSR count). The van der Waals surface area contributed by atoms with Crippen LogP contribution in [0.25, 0.3) is 87.6 Å². The van der Waals surface area contributed by atoms with Crippen LogP contribution in [0.3, 0.4) is 0 Å². The average molecular weight is 623 g/mol. The van der Waals surface area contributed by atoms with Crippen molar-refractivity contribution in [1.29, 1.82) is 0 Å². The van der Waals surface area contributed by atoms with Crippen LogP contribution in [0.5, 0.6) is 0 Å². The molecule has 0 nitrogen and oxygen atoms in total. The molecule has 9 aromatic rings. The predicted octanol–water partition coefficient (Wildman–Crippen LogP) is 13.6. The monoisotopic (exact) mass is 622 g/mol. The molecule has 0 saturated carbocycles. The molecule has 9 aromatic carbocycles. The van der Waals surface area contributed by atoms with Gasteiger partial charge in [-0.2, -0.15) is 0 Å². The highest BCUT2D eigenvalue weighted by Gasteiger charge is 2.35. The molecule has 1 aliphatic rings. The van der Waals surface area contributed by atoms with Crippen molar-refractivity contribution in [3.63, 3.8) is 0 Å². The number of hydrogen-bond donors (Lipinski definition) is 0. The topological polar surface area (TPSA) is 0 Å². The molecule has 0 aliphatic heterocycles. The minimum Gasteiger partial charge on any atom is -0.0616 e. The van der Waals surface area contributed by atoms with Crippen molar-refractivity contribution in [2.45, 2.75) is 19.3 Å². The normalized spacial score (nSPS) is 13.3. The Morgan fingerprint density at radius 2 is 0.796 bits per heavy atom. The molecule has 0 spiro atoms. The van der Waals surface area contributed by atoms with E-state index in [4.69, 9.17) is 0 Å². The van der Waals surface area contributed by atoms with Crippen LogP contribution < -0.4 is 0 Å². The molecule has 0 unspecified atom stereocenters. The Morgan fingerprint density at radius 1 is 0.306 bits per heavy atom. The number of hydrogen-bond acceptors (Lipinski definition) is 0. The second-order valence-electron chi connectivity index (χ2n) is 14.1. The lowest BCUT2D eigenvalue weighted by atomic mass is 9.80. The van der Waals surface area contributed by atoms with Gasteiger partial charge in [0.1, 0.15) is 0 Å². The molecule has 0 atom stereocenters. The molecule has 0 N–H and O–H groups in total. The van der Waals surface area contributed by atoms with Crippen molar-refractivity contribution < 1.29 is 0 Å². The summed E-state index contributed by atoms with van der Waals surface area (Å²) in [7, 11) is 0. The van der Waals surface area contributed by atoms with Gasteiger partial charge in [-0.1, -0.05) is 159 Å². The maximum atomic E-state index is 2.43. The Balaban J connectivity index is 1.02. The second-order valence-corrected chi connectivity index (χ2v) is 14.1. The Labute approximate surface area is 286 Å². The van der Waals surface area contributed by atoms with Gasteiger partial charge < -0.3 is 0 Å². The standard InChI is InChI=1S/C49H34/c1-49(2)46-29-37(23-25-42(46)43-26-24-38(30-47(43)49)36-21-17-31-9-3-4-11-35(31)27-36)32-15-18-34(19-16-32)45-28-39-22-20-33-10-5-6-12-40(33)48(39)44-14-8-7-13-41(44)45/h3-30H,1-2H3. The SMILES string of the molecule is CC1(C)c2cc(-c3ccc(-c4cc5ccc6ccccc6c5c5ccccc45)cc3)ccc2-c2ccc(-c3ccc4ccccc4c3)cc21. The van der Waals surface area contributed by atoms with Crippen LogP contribution in [0.1, 0.15) is 25.0 Å². The van der Waals surface area contributed by atoms with E-state index < -0.39 is 0 Å². The van der Waals surface area contributed by atoms with E-state index in [1.807, 2.05) is 0 Å². The summed E-state index contributed by atoms with van der Waals surface area (Å²) in [5, 5.41) is 10.4. The third-order valence-corrected chi connectivity index (χ3v) is 11.0. The fourth-order valence-electron chi connectivity index (χ4n) is 8.43. The molecular weight excluding hydrogens is 589 g/mol.